The minimum Gasteiger partial charge on any atom is -0.356 e. The first kappa shape index (κ1) is 17.3. The number of rotatable bonds is 5. The van der Waals surface area contributed by atoms with Crippen molar-refractivity contribution < 1.29 is 0 Å². The van der Waals surface area contributed by atoms with Crippen LogP contribution in [0.15, 0.2) is 24.8 Å². The van der Waals surface area contributed by atoms with Gasteiger partial charge in [-0.15, -0.1) is 0 Å². The van der Waals surface area contributed by atoms with Gasteiger partial charge in [0.2, 0.25) is 0 Å². The highest BCUT2D eigenvalue weighted by molar-refractivity contribution is 5.39. The Labute approximate surface area is 155 Å². The van der Waals surface area contributed by atoms with Gasteiger partial charge in [-0.25, -0.2) is 19.9 Å². The molecule has 0 bridgehead atoms. The van der Waals surface area contributed by atoms with E-state index >= 15 is 0 Å². The minimum absolute atomic E-state index is 0.540. The smallest absolute Gasteiger partial charge is 0.132 e. The molecule has 0 aromatic carbocycles. The van der Waals surface area contributed by atoms with Crippen molar-refractivity contribution in [3.63, 3.8) is 0 Å². The minimum atomic E-state index is 0.540. The Kier molecular flexibility index (Phi) is 5.11. The van der Waals surface area contributed by atoms with Crippen molar-refractivity contribution in [3.05, 3.63) is 41.9 Å². The topological polar surface area (TPSA) is 58.0 Å². The summed E-state index contributed by atoms with van der Waals surface area (Å²) in [5, 5.41) is 0. The number of aryl methyl sites for hydroxylation is 1. The monoisotopic (exact) mass is 352 g/mol. The molecule has 1 saturated heterocycles. The average molecular weight is 352 g/mol. The maximum atomic E-state index is 4.60. The fraction of sp³-hybridized carbons (Fsp3) is 0.600. The molecule has 0 N–H and O–H groups in total. The third-order valence-corrected chi connectivity index (χ3v) is 5.86. The van der Waals surface area contributed by atoms with E-state index < -0.39 is 0 Å². The maximum absolute atomic E-state index is 4.60. The van der Waals surface area contributed by atoms with E-state index in [0.717, 1.165) is 49.8 Å². The molecule has 6 nitrogen and oxygen atoms in total. The summed E-state index contributed by atoms with van der Waals surface area (Å²) in [6, 6.07) is 2.60. The standard InChI is InChI=1S/C20H28N6/c1-15-10-19(24-14-23-15)25(2)18-6-8-26(9-7-18)13-16-11-21-20(22-12-16)17-4-3-5-17/h10-12,14,17-18H,3-9,13H2,1-2H3. The molecular weight excluding hydrogens is 324 g/mol. The van der Waals surface area contributed by atoms with Crippen molar-refractivity contribution >= 4 is 5.82 Å². The lowest BCUT2D eigenvalue weighted by molar-refractivity contribution is 0.202. The molecule has 2 aromatic heterocycles. The predicted octanol–water partition coefficient (Wildman–Crippen LogP) is 2.94. The molecule has 1 aliphatic carbocycles. The average Bonchev–Trinajstić information content (AvgIpc) is 2.62. The number of likely N-dealkylation sites (tertiary alicyclic amines) is 1. The van der Waals surface area contributed by atoms with E-state index in [2.05, 4.69) is 42.8 Å². The predicted molar refractivity (Wildman–Crippen MR) is 102 cm³/mol. The third-order valence-electron chi connectivity index (χ3n) is 5.86. The zero-order valence-corrected chi connectivity index (χ0v) is 15.8. The van der Waals surface area contributed by atoms with Crippen molar-refractivity contribution in [2.45, 2.75) is 57.5 Å². The van der Waals surface area contributed by atoms with Crippen LogP contribution >= 0.6 is 0 Å². The second-order valence-electron chi connectivity index (χ2n) is 7.71. The quantitative estimate of drug-likeness (QED) is 0.825. The number of hydrogen-bond acceptors (Lipinski definition) is 6. The van der Waals surface area contributed by atoms with E-state index in [9.17, 15) is 0 Å². The summed E-state index contributed by atoms with van der Waals surface area (Å²) in [5.41, 5.74) is 2.25. The van der Waals surface area contributed by atoms with Gasteiger partial charge in [-0.1, -0.05) is 6.42 Å². The van der Waals surface area contributed by atoms with Gasteiger partial charge in [0.1, 0.15) is 18.0 Å². The molecule has 0 amide bonds. The van der Waals surface area contributed by atoms with Gasteiger partial charge < -0.3 is 4.90 Å². The molecule has 0 unspecified atom stereocenters. The molecule has 0 radical (unpaired) electrons. The molecule has 0 spiro atoms. The maximum Gasteiger partial charge on any atom is 0.132 e. The Morgan fingerprint density at radius 2 is 1.77 bits per heavy atom. The molecule has 1 saturated carbocycles. The van der Waals surface area contributed by atoms with E-state index in [1.54, 1.807) is 6.33 Å². The van der Waals surface area contributed by atoms with Crippen LogP contribution in [0.25, 0.3) is 0 Å². The van der Waals surface area contributed by atoms with Gasteiger partial charge >= 0.3 is 0 Å². The molecule has 0 atom stereocenters. The zero-order valence-electron chi connectivity index (χ0n) is 15.8. The van der Waals surface area contributed by atoms with Crippen LogP contribution in [-0.4, -0.2) is 51.0 Å². The Hall–Kier alpha value is -2.08. The van der Waals surface area contributed by atoms with Crippen LogP contribution in [0.5, 0.6) is 0 Å². The van der Waals surface area contributed by atoms with Crippen molar-refractivity contribution in [2.24, 2.45) is 0 Å². The van der Waals surface area contributed by atoms with Crippen molar-refractivity contribution in [1.29, 1.82) is 0 Å². The molecule has 1 aliphatic heterocycles. The SMILES string of the molecule is Cc1cc(N(C)C2CCN(Cc3cnc(C4CCC4)nc3)CC2)ncn1. The fourth-order valence-corrected chi connectivity index (χ4v) is 3.87. The highest BCUT2D eigenvalue weighted by Gasteiger charge is 2.24. The zero-order chi connectivity index (χ0) is 17.9. The van der Waals surface area contributed by atoms with Crippen molar-refractivity contribution in [1.82, 2.24) is 24.8 Å². The summed E-state index contributed by atoms with van der Waals surface area (Å²) in [4.78, 5) is 22.6. The van der Waals surface area contributed by atoms with Crippen LogP contribution in [-0.2, 0) is 6.54 Å². The van der Waals surface area contributed by atoms with E-state index in [0.29, 0.717) is 12.0 Å². The Balaban J connectivity index is 1.29. The van der Waals surface area contributed by atoms with Gasteiger partial charge in [0.15, 0.2) is 0 Å². The molecule has 4 rings (SSSR count). The summed E-state index contributed by atoms with van der Waals surface area (Å²) < 4.78 is 0. The fourth-order valence-electron chi connectivity index (χ4n) is 3.87. The molecular formula is C20H28N6. The molecule has 3 heterocycles. The van der Waals surface area contributed by atoms with E-state index in [4.69, 9.17) is 0 Å². The van der Waals surface area contributed by atoms with Crippen LogP contribution < -0.4 is 4.90 Å². The number of nitrogens with zero attached hydrogens (tertiary/aromatic N) is 6. The Morgan fingerprint density at radius 3 is 2.38 bits per heavy atom. The largest absolute Gasteiger partial charge is 0.356 e. The summed E-state index contributed by atoms with van der Waals surface area (Å²) in [6.07, 6.45) is 11.9. The van der Waals surface area contributed by atoms with E-state index in [1.165, 1.54) is 24.8 Å². The van der Waals surface area contributed by atoms with Crippen molar-refractivity contribution in [3.8, 4) is 0 Å². The van der Waals surface area contributed by atoms with Gasteiger partial charge in [0, 0.05) is 68.4 Å². The molecule has 2 fully saturated rings. The normalized spacial score (nSPS) is 19.3. The highest BCUT2D eigenvalue weighted by atomic mass is 15.2. The first-order valence-electron chi connectivity index (χ1n) is 9.73. The van der Waals surface area contributed by atoms with Crippen LogP contribution in [0.1, 0.15) is 55.1 Å². The molecule has 26 heavy (non-hydrogen) atoms. The first-order valence-corrected chi connectivity index (χ1v) is 9.73. The second kappa shape index (κ2) is 7.66. The highest BCUT2D eigenvalue weighted by Crippen LogP contribution is 2.34. The number of anilines is 1. The summed E-state index contributed by atoms with van der Waals surface area (Å²) >= 11 is 0. The van der Waals surface area contributed by atoms with E-state index in [1.807, 2.05) is 19.3 Å². The molecule has 2 aromatic rings. The number of piperidine rings is 1. The van der Waals surface area contributed by atoms with Gasteiger partial charge in [-0.2, -0.15) is 0 Å². The van der Waals surface area contributed by atoms with Crippen LogP contribution in [0.4, 0.5) is 5.82 Å². The third kappa shape index (κ3) is 3.85. The number of aromatic nitrogens is 4. The molecule has 6 heteroatoms. The summed E-state index contributed by atoms with van der Waals surface area (Å²) in [5.74, 6) is 2.68. The summed E-state index contributed by atoms with van der Waals surface area (Å²) in [7, 11) is 2.15. The lowest BCUT2D eigenvalue weighted by Gasteiger charge is -2.37. The molecule has 138 valence electrons. The Bertz CT molecular complexity index is 719. The Morgan fingerprint density at radius 1 is 1.04 bits per heavy atom. The first-order chi connectivity index (χ1) is 12.7. The van der Waals surface area contributed by atoms with Crippen LogP contribution in [0, 0.1) is 6.92 Å². The summed E-state index contributed by atoms with van der Waals surface area (Å²) in [6.45, 7) is 5.17. The van der Waals surface area contributed by atoms with Gasteiger partial charge in [-0.3, -0.25) is 4.90 Å². The van der Waals surface area contributed by atoms with Crippen LogP contribution in [0.2, 0.25) is 0 Å². The van der Waals surface area contributed by atoms with Gasteiger partial charge in [0.25, 0.3) is 0 Å². The van der Waals surface area contributed by atoms with Gasteiger partial charge in [-0.05, 0) is 32.6 Å². The van der Waals surface area contributed by atoms with E-state index in [-0.39, 0.29) is 0 Å². The lowest BCUT2D eigenvalue weighted by atomic mass is 9.85. The number of hydrogen-bond donors (Lipinski definition) is 0. The van der Waals surface area contributed by atoms with Gasteiger partial charge in [0.05, 0.1) is 0 Å². The van der Waals surface area contributed by atoms with Crippen molar-refractivity contribution in [2.75, 3.05) is 25.0 Å². The van der Waals surface area contributed by atoms with Crippen LogP contribution in [0.3, 0.4) is 0 Å². The second-order valence-corrected chi connectivity index (χ2v) is 7.71. The lowest BCUT2D eigenvalue weighted by Crippen LogP contribution is -2.43. The molecule has 2 aliphatic rings.